The van der Waals surface area contributed by atoms with E-state index in [1.165, 1.54) is 11.7 Å². The Kier molecular flexibility index (Phi) is 1.58. The molecule has 2 heterocycles. The topological polar surface area (TPSA) is 38.7 Å². The molecule has 2 aromatic heterocycles. The molecule has 0 fully saturated rings. The number of hydrogen-bond donors (Lipinski definition) is 0. The Labute approximate surface area is 74.8 Å². The van der Waals surface area contributed by atoms with E-state index in [1.54, 1.807) is 0 Å². The zero-order valence-electron chi connectivity index (χ0n) is 7.25. The lowest BCUT2D eigenvalue weighted by molar-refractivity contribution is 1.11. The first-order valence-corrected chi connectivity index (χ1v) is 4.49. The van der Waals surface area contributed by atoms with Crippen molar-refractivity contribution in [2.45, 2.75) is 20.8 Å². The summed E-state index contributed by atoms with van der Waals surface area (Å²) in [6.45, 7) is 6.00. The first-order chi connectivity index (χ1) is 5.70. The lowest BCUT2D eigenvalue weighted by Crippen LogP contribution is -1.92. The van der Waals surface area contributed by atoms with Crippen LogP contribution in [0.2, 0.25) is 0 Å². The van der Waals surface area contributed by atoms with E-state index in [9.17, 15) is 0 Å². The summed E-state index contributed by atoms with van der Waals surface area (Å²) in [5.74, 6) is 0. The summed E-state index contributed by atoms with van der Waals surface area (Å²) in [6.07, 6.45) is 0. The van der Waals surface area contributed by atoms with Crippen LogP contribution in [0.25, 0.3) is 11.0 Å². The van der Waals surface area contributed by atoms with Gasteiger partial charge in [-0.05, 0) is 26.3 Å². The molecule has 0 spiro atoms. The van der Waals surface area contributed by atoms with Crippen molar-refractivity contribution in [3.8, 4) is 0 Å². The minimum absolute atomic E-state index is 0.947. The molecule has 0 amide bonds. The van der Waals surface area contributed by atoms with Gasteiger partial charge in [0.2, 0.25) is 0 Å². The molecule has 0 atom stereocenters. The minimum atomic E-state index is 0.947. The molecular weight excluding hydrogens is 170 g/mol. The van der Waals surface area contributed by atoms with Crippen LogP contribution in [-0.2, 0) is 0 Å². The maximum atomic E-state index is 4.38. The van der Waals surface area contributed by atoms with Gasteiger partial charge < -0.3 is 0 Å². The Morgan fingerprint density at radius 1 is 0.917 bits per heavy atom. The Morgan fingerprint density at radius 3 is 2.33 bits per heavy atom. The molecule has 0 N–H and O–H groups in total. The molecule has 12 heavy (non-hydrogen) atoms. The van der Waals surface area contributed by atoms with Crippen molar-refractivity contribution < 1.29 is 0 Å². The van der Waals surface area contributed by atoms with Gasteiger partial charge in [-0.1, -0.05) is 0 Å². The lowest BCUT2D eigenvalue weighted by atomic mass is 10.2. The lowest BCUT2D eigenvalue weighted by Gasteiger charge is -2.00. The third-order valence-corrected chi connectivity index (χ3v) is 2.59. The van der Waals surface area contributed by atoms with E-state index in [0.717, 1.165) is 28.0 Å². The van der Waals surface area contributed by atoms with Crippen LogP contribution in [0.1, 0.15) is 17.0 Å². The summed E-state index contributed by atoms with van der Waals surface area (Å²) >= 11 is 1.25. The quantitative estimate of drug-likeness (QED) is 0.621. The highest BCUT2D eigenvalue weighted by molar-refractivity contribution is 7.00. The second kappa shape index (κ2) is 2.48. The van der Waals surface area contributed by atoms with E-state index in [4.69, 9.17) is 0 Å². The smallest absolute Gasteiger partial charge is 0.126 e. The summed E-state index contributed by atoms with van der Waals surface area (Å²) in [7, 11) is 0. The first-order valence-electron chi connectivity index (χ1n) is 3.76. The van der Waals surface area contributed by atoms with E-state index in [2.05, 4.69) is 13.7 Å². The van der Waals surface area contributed by atoms with Crippen LogP contribution in [-0.4, -0.2) is 13.7 Å². The molecule has 0 aromatic carbocycles. The first kappa shape index (κ1) is 7.61. The second-order valence-corrected chi connectivity index (χ2v) is 3.40. The number of hydrogen-bond acceptors (Lipinski definition) is 4. The van der Waals surface area contributed by atoms with Gasteiger partial charge in [0.05, 0.1) is 17.4 Å². The third-order valence-electron chi connectivity index (χ3n) is 2.06. The summed E-state index contributed by atoms with van der Waals surface area (Å²) < 4.78 is 8.42. The van der Waals surface area contributed by atoms with Crippen LogP contribution in [0, 0.1) is 20.8 Å². The SMILES string of the molecule is Cc1nc(C)c2nsnc2c1C. The number of aryl methyl sites for hydroxylation is 3. The van der Waals surface area contributed by atoms with Crippen molar-refractivity contribution in [1.29, 1.82) is 0 Å². The normalized spacial score (nSPS) is 10.9. The standard InChI is InChI=1S/C8H9N3S/c1-4-5(2)9-6(3)8-7(4)10-12-11-8/h1-3H3. The molecule has 0 unspecified atom stereocenters. The molecule has 62 valence electrons. The van der Waals surface area contributed by atoms with Crippen molar-refractivity contribution in [1.82, 2.24) is 13.7 Å². The van der Waals surface area contributed by atoms with Gasteiger partial charge in [0.1, 0.15) is 11.0 Å². The maximum absolute atomic E-state index is 4.38. The minimum Gasteiger partial charge on any atom is -0.256 e. The average Bonchev–Trinajstić information content (AvgIpc) is 2.48. The van der Waals surface area contributed by atoms with Crippen molar-refractivity contribution in [2.24, 2.45) is 0 Å². The summed E-state index contributed by atoms with van der Waals surface area (Å²) in [5, 5.41) is 0. The maximum Gasteiger partial charge on any atom is 0.126 e. The highest BCUT2D eigenvalue weighted by Crippen LogP contribution is 2.20. The molecule has 0 bridgehead atoms. The fourth-order valence-corrected chi connectivity index (χ4v) is 1.88. The number of aromatic nitrogens is 3. The van der Waals surface area contributed by atoms with Crippen LogP contribution in [0.5, 0.6) is 0 Å². The molecule has 0 aliphatic rings. The summed E-state index contributed by atoms with van der Waals surface area (Å²) in [5.41, 5.74) is 5.12. The largest absolute Gasteiger partial charge is 0.256 e. The predicted octanol–water partition coefficient (Wildman–Crippen LogP) is 2.01. The highest BCUT2D eigenvalue weighted by atomic mass is 32.1. The van der Waals surface area contributed by atoms with Gasteiger partial charge in [0.25, 0.3) is 0 Å². The van der Waals surface area contributed by atoms with Crippen LogP contribution < -0.4 is 0 Å². The van der Waals surface area contributed by atoms with Gasteiger partial charge in [0.15, 0.2) is 0 Å². The van der Waals surface area contributed by atoms with Crippen molar-refractivity contribution in [3.63, 3.8) is 0 Å². The molecule has 4 heteroatoms. The number of rotatable bonds is 0. The fraction of sp³-hybridized carbons (Fsp3) is 0.375. The van der Waals surface area contributed by atoms with Gasteiger partial charge in [-0.2, -0.15) is 8.75 Å². The van der Waals surface area contributed by atoms with Crippen molar-refractivity contribution in [2.75, 3.05) is 0 Å². The van der Waals surface area contributed by atoms with Crippen LogP contribution in [0.4, 0.5) is 0 Å². The van der Waals surface area contributed by atoms with Crippen molar-refractivity contribution in [3.05, 3.63) is 17.0 Å². The number of pyridine rings is 1. The predicted molar refractivity (Wildman–Crippen MR) is 49.4 cm³/mol. The van der Waals surface area contributed by atoms with E-state index in [1.807, 2.05) is 20.8 Å². The molecule has 0 saturated heterocycles. The fourth-order valence-electron chi connectivity index (χ4n) is 1.23. The number of fused-ring (bicyclic) bond motifs is 1. The van der Waals surface area contributed by atoms with E-state index in [-0.39, 0.29) is 0 Å². The van der Waals surface area contributed by atoms with E-state index >= 15 is 0 Å². The molecule has 0 radical (unpaired) electrons. The summed E-state index contributed by atoms with van der Waals surface area (Å²) in [6, 6.07) is 0. The highest BCUT2D eigenvalue weighted by Gasteiger charge is 2.08. The van der Waals surface area contributed by atoms with Gasteiger partial charge in [-0.15, -0.1) is 0 Å². The molecule has 3 nitrogen and oxygen atoms in total. The zero-order chi connectivity index (χ0) is 8.72. The Hall–Kier alpha value is -1.03. The molecule has 0 aliphatic heterocycles. The Morgan fingerprint density at radius 2 is 1.58 bits per heavy atom. The van der Waals surface area contributed by atoms with Gasteiger partial charge >= 0.3 is 0 Å². The van der Waals surface area contributed by atoms with Gasteiger partial charge in [0, 0.05) is 5.69 Å². The van der Waals surface area contributed by atoms with Gasteiger partial charge in [-0.3, -0.25) is 4.98 Å². The molecule has 2 aromatic rings. The zero-order valence-corrected chi connectivity index (χ0v) is 8.07. The van der Waals surface area contributed by atoms with Gasteiger partial charge in [-0.25, -0.2) is 0 Å². The molecular formula is C8H9N3S. The van der Waals surface area contributed by atoms with Crippen LogP contribution >= 0.6 is 11.7 Å². The van der Waals surface area contributed by atoms with Crippen LogP contribution in [0.3, 0.4) is 0 Å². The Balaban J connectivity index is 2.97. The molecule has 0 aliphatic carbocycles. The monoisotopic (exact) mass is 179 g/mol. The summed E-state index contributed by atoms with van der Waals surface area (Å²) in [4.78, 5) is 4.38. The van der Waals surface area contributed by atoms with Crippen LogP contribution in [0.15, 0.2) is 0 Å². The molecule has 0 saturated carbocycles. The second-order valence-electron chi connectivity index (χ2n) is 2.87. The average molecular weight is 179 g/mol. The Bertz CT molecular complexity index is 433. The molecule has 2 rings (SSSR count). The van der Waals surface area contributed by atoms with E-state index in [0.29, 0.717) is 0 Å². The van der Waals surface area contributed by atoms with Crippen molar-refractivity contribution >= 4 is 22.8 Å². The number of nitrogens with zero attached hydrogens (tertiary/aromatic N) is 3. The van der Waals surface area contributed by atoms with E-state index < -0.39 is 0 Å². The third kappa shape index (κ3) is 0.914.